The summed E-state index contributed by atoms with van der Waals surface area (Å²) in [5, 5.41) is 6.77. The average Bonchev–Trinajstić information content (AvgIpc) is 2.88. The SMILES string of the molecule is COc1cc(C=Nn2c(=O)[nH]c3ccccc3c2=O)c(Br)cc1OCc1cccc2ccccc12. The van der Waals surface area contributed by atoms with Gasteiger partial charge < -0.3 is 14.5 Å². The zero-order valence-electron chi connectivity index (χ0n) is 18.7. The van der Waals surface area contributed by atoms with E-state index in [1.807, 2.05) is 24.3 Å². The number of nitrogens with zero attached hydrogens (tertiary/aromatic N) is 2. The third kappa shape index (κ3) is 4.48. The van der Waals surface area contributed by atoms with Crippen molar-refractivity contribution in [3.63, 3.8) is 0 Å². The third-order valence-electron chi connectivity index (χ3n) is 5.64. The van der Waals surface area contributed by atoms with E-state index in [1.165, 1.54) is 6.21 Å². The maximum Gasteiger partial charge on any atom is 0.349 e. The monoisotopic (exact) mass is 529 g/mol. The van der Waals surface area contributed by atoms with E-state index in [1.54, 1.807) is 43.5 Å². The fraction of sp³-hybridized carbons (Fsp3) is 0.0741. The van der Waals surface area contributed by atoms with Gasteiger partial charge in [0, 0.05) is 10.0 Å². The summed E-state index contributed by atoms with van der Waals surface area (Å²) < 4.78 is 13.1. The summed E-state index contributed by atoms with van der Waals surface area (Å²) >= 11 is 3.53. The summed E-state index contributed by atoms with van der Waals surface area (Å²) in [4.78, 5) is 27.8. The number of fused-ring (bicyclic) bond motifs is 2. The van der Waals surface area contributed by atoms with E-state index >= 15 is 0 Å². The van der Waals surface area contributed by atoms with Crippen LogP contribution in [0, 0.1) is 0 Å². The van der Waals surface area contributed by atoms with E-state index in [0.717, 1.165) is 21.0 Å². The summed E-state index contributed by atoms with van der Waals surface area (Å²) in [5.41, 5.74) is 1.01. The van der Waals surface area contributed by atoms with Gasteiger partial charge in [-0.3, -0.25) is 4.79 Å². The molecule has 1 N–H and O–H groups in total. The highest BCUT2D eigenvalue weighted by atomic mass is 79.9. The molecule has 0 radical (unpaired) electrons. The van der Waals surface area contributed by atoms with Crippen LogP contribution in [0.4, 0.5) is 0 Å². The number of aromatic amines is 1. The summed E-state index contributed by atoms with van der Waals surface area (Å²) in [6.07, 6.45) is 1.42. The lowest BCUT2D eigenvalue weighted by Gasteiger charge is -2.14. The molecule has 0 fully saturated rings. The van der Waals surface area contributed by atoms with Crippen LogP contribution in [0.15, 0.2) is 98.0 Å². The van der Waals surface area contributed by atoms with E-state index in [4.69, 9.17) is 9.47 Å². The van der Waals surface area contributed by atoms with E-state index in [2.05, 4.69) is 44.2 Å². The molecule has 4 aromatic carbocycles. The molecule has 0 saturated carbocycles. The van der Waals surface area contributed by atoms with Gasteiger partial charge in [0.05, 0.1) is 24.2 Å². The lowest BCUT2D eigenvalue weighted by atomic mass is 10.1. The minimum atomic E-state index is -0.622. The van der Waals surface area contributed by atoms with Gasteiger partial charge in [0.25, 0.3) is 5.56 Å². The van der Waals surface area contributed by atoms with E-state index < -0.39 is 11.2 Å². The van der Waals surface area contributed by atoms with Gasteiger partial charge in [0.2, 0.25) is 0 Å². The summed E-state index contributed by atoms with van der Waals surface area (Å²) in [6, 6.07) is 24.5. The number of halogens is 1. The molecule has 8 heteroatoms. The van der Waals surface area contributed by atoms with Crippen LogP contribution in [0.25, 0.3) is 21.7 Å². The Hall–Kier alpha value is -4.17. The third-order valence-corrected chi connectivity index (χ3v) is 6.33. The van der Waals surface area contributed by atoms with Crippen molar-refractivity contribution >= 4 is 43.8 Å². The summed E-state index contributed by atoms with van der Waals surface area (Å²) in [6.45, 7) is 0.361. The molecule has 0 aliphatic rings. The molecule has 1 heterocycles. The van der Waals surface area contributed by atoms with Crippen molar-refractivity contribution in [2.45, 2.75) is 6.61 Å². The molecular formula is C27H20BrN3O4. The highest BCUT2D eigenvalue weighted by molar-refractivity contribution is 9.10. The molecule has 0 spiro atoms. The van der Waals surface area contributed by atoms with Crippen LogP contribution >= 0.6 is 15.9 Å². The summed E-state index contributed by atoms with van der Waals surface area (Å²) in [7, 11) is 1.55. The second-order valence-corrected chi connectivity index (χ2v) is 8.64. The van der Waals surface area contributed by atoms with E-state index in [-0.39, 0.29) is 0 Å². The Morgan fingerprint density at radius 2 is 1.69 bits per heavy atom. The van der Waals surface area contributed by atoms with E-state index in [9.17, 15) is 9.59 Å². The molecule has 0 saturated heterocycles. The summed E-state index contributed by atoms with van der Waals surface area (Å²) in [5.74, 6) is 1.04. The van der Waals surface area contributed by atoms with Crippen LogP contribution in [0.5, 0.6) is 11.5 Å². The van der Waals surface area contributed by atoms with Crippen molar-refractivity contribution in [3.05, 3.63) is 115 Å². The number of H-pyrrole nitrogens is 1. The number of benzene rings is 4. The molecule has 0 amide bonds. The lowest BCUT2D eigenvalue weighted by molar-refractivity contribution is 0.285. The quantitative estimate of drug-likeness (QED) is 0.311. The van der Waals surface area contributed by atoms with Crippen molar-refractivity contribution in [3.8, 4) is 11.5 Å². The zero-order valence-corrected chi connectivity index (χ0v) is 20.3. The first kappa shape index (κ1) is 22.6. The largest absolute Gasteiger partial charge is 0.493 e. The number of para-hydroxylation sites is 1. The first-order valence-electron chi connectivity index (χ1n) is 10.8. The van der Waals surface area contributed by atoms with Crippen molar-refractivity contribution in [2.24, 2.45) is 5.10 Å². The van der Waals surface area contributed by atoms with Crippen LogP contribution in [0.3, 0.4) is 0 Å². The molecule has 7 nitrogen and oxygen atoms in total. The molecule has 174 valence electrons. The van der Waals surface area contributed by atoms with Crippen LogP contribution in [0.1, 0.15) is 11.1 Å². The first-order valence-corrected chi connectivity index (χ1v) is 11.6. The molecule has 0 aliphatic heterocycles. The fourth-order valence-corrected chi connectivity index (χ4v) is 4.30. The molecule has 0 unspecified atom stereocenters. The Kier molecular flexibility index (Phi) is 6.20. The number of methoxy groups -OCH3 is 1. The van der Waals surface area contributed by atoms with Crippen LogP contribution in [0.2, 0.25) is 0 Å². The standard InChI is InChI=1S/C27H20BrN3O4/c1-34-24-13-19(15-29-31-26(32)21-11-4-5-12-23(21)30-27(31)33)22(28)14-25(24)35-16-18-9-6-8-17-7-2-3-10-20(17)18/h2-15H,16H2,1H3,(H,30,33). The Morgan fingerprint density at radius 1 is 0.943 bits per heavy atom. The average molecular weight is 530 g/mol. The van der Waals surface area contributed by atoms with Gasteiger partial charge >= 0.3 is 5.69 Å². The Bertz CT molecular complexity index is 1700. The number of nitrogens with one attached hydrogen (secondary N) is 1. The maximum absolute atomic E-state index is 12.7. The van der Waals surface area contributed by atoms with Crippen LogP contribution in [-0.2, 0) is 6.61 Å². The number of hydrogen-bond donors (Lipinski definition) is 1. The van der Waals surface area contributed by atoms with Crippen molar-refractivity contribution in [2.75, 3.05) is 7.11 Å². The highest BCUT2D eigenvalue weighted by Crippen LogP contribution is 2.34. The lowest BCUT2D eigenvalue weighted by Crippen LogP contribution is -2.32. The predicted molar refractivity (Wildman–Crippen MR) is 141 cm³/mol. The van der Waals surface area contributed by atoms with Crippen LogP contribution in [-0.4, -0.2) is 23.0 Å². The molecule has 0 bridgehead atoms. The van der Waals surface area contributed by atoms with Gasteiger partial charge in [0.15, 0.2) is 11.5 Å². The topological polar surface area (TPSA) is 85.7 Å². The number of rotatable bonds is 6. The molecule has 0 atom stereocenters. The zero-order chi connectivity index (χ0) is 24.4. The van der Waals surface area contributed by atoms with E-state index in [0.29, 0.717) is 39.0 Å². The van der Waals surface area contributed by atoms with Crippen molar-refractivity contribution in [1.29, 1.82) is 0 Å². The van der Waals surface area contributed by atoms with Gasteiger partial charge in [-0.25, -0.2) is 4.79 Å². The molecular weight excluding hydrogens is 510 g/mol. The fourth-order valence-electron chi connectivity index (χ4n) is 3.87. The Balaban J connectivity index is 1.44. The molecule has 1 aromatic heterocycles. The molecule has 5 rings (SSSR count). The number of aromatic nitrogens is 2. The second kappa shape index (κ2) is 9.60. The van der Waals surface area contributed by atoms with Gasteiger partial charge in [-0.2, -0.15) is 5.10 Å². The van der Waals surface area contributed by atoms with Gasteiger partial charge in [-0.15, -0.1) is 4.68 Å². The van der Waals surface area contributed by atoms with Gasteiger partial charge in [-0.05, 0) is 56.5 Å². The van der Waals surface area contributed by atoms with Gasteiger partial charge in [-0.1, -0.05) is 54.6 Å². The normalized spacial score (nSPS) is 11.4. The van der Waals surface area contributed by atoms with Crippen molar-refractivity contribution in [1.82, 2.24) is 9.66 Å². The van der Waals surface area contributed by atoms with Crippen LogP contribution < -0.4 is 20.7 Å². The predicted octanol–water partition coefficient (Wildman–Crippen LogP) is 5.08. The van der Waals surface area contributed by atoms with Gasteiger partial charge in [0.1, 0.15) is 6.61 Å². The Labute approximate surface area is 208 Å². The highest BCUT2D eigenvalue weighted by Gasteiger charge is 2.12. The Morgan fingerprint density at radius 3 is 2.51 bits per heavy atom. The number of ether oxygens (including phenoxy) is 2. The number of hydrogen-bond acceptors (Lipinski definition) is 5. The second-order valence-electron chi connectivity index (χ2n) is 7.79. The first-order chi connectivity index (χ1) is 17.0. The molecule has 35 heavy (non-hydrogen) atoms. The minimum Gasteiger partial charge on any atom is -0.493 e. The molecule has 0 aliphatic carbocycles. The molecule has 5 aromatic rings. The van der Waals surface area contributed by atoms with Crippen molar-refractivity contribution < 1.29 is 9.47 Å². The smallest absolute Gasteiger partial charge is 0.349 e. The minimum absolute atomic E-state index is 0.361. The maximum atomic E-state index is 12.7.